The van der Waals surface area contributed by atoms with Gasteiger partial charge < -0.3 is 9.47 Å². The highest BCUT2D eigenvalue weighted by Crippen LogP contribution is 2.18. The lowest BCUT2D eigenvalue weighted by Crippen LogP contribution is -2.24. The van der Waals surface area contributed by atoms with E-state index < -0.39 is 0 Å². The summed E-state index contributed by atoms with van der Waals surface area (Å²) in [6.45, 7) is 8.81. The second kappa shape index (κ2) is 11.7. The van der Waals surface area contributed by atoms with Crippen molar-refractivity contribution in [3.63, 3.8) is 0 Å². The second-order valence-corrected chi connectivity index (χ2v) is 5.28. The highest BCUT2D eigenvalue weighted by Gasteiger charge is 2.25. The number of hydrogen-bond donors (Lipinski definition) is 0. The van der Waals surface area contributed by atoms with Crippen LogP contribution in [0, 0.1) is 11.8 Å². The molecule has 2 atom stereocenters. The molecule has 118 valence electrons. The van der Waals surface area contributed by atoms with Crippen LogP contribution >= 0.6 is 0 Å². The van der Waals surface area contributed by atoms with Crippen molar-refractivity contribution in [2.75, 3.05) is 13.2 Å². The molecule has 0 bridgehead atoms. The molecule has 0 fully saturated rings. The topological polar surface area (TPSA) is 52.6 Å². The lowest BCUT2D eigenvalue weighted by Gasteiger charge is -2.18. The maximum Gasteiger partial charge on any atom is 0.308 e. The van der Waals surface area contributed by atoms with Gasteiger partial charge in [0, 0.05) is 0 Å². The first kappa shape index (κ1) is 18.9. The predicted molar refractivity (Wildman–Crippen MR) is 79.3 cm³/mol. The number of hydrogen-bond acceptors (Lipinski definition) is 4. The van der Waals surface area contributed by atoms with E-state index in [-0.39, 0.29) is 23.8 Å². The highest BCUT2D eigenvalue weighted by molar-refractivity contribution is 5.75. The summed E-state index contributed by atoms with van der Waals surface area (Å²) in [4.78, 5) is 23.7. The van der Waals surface area contributed by atoms with Crippen molar-refractivity contribution < 1.29 is 19.1 Å². The lowest BCUT2D eigenvalue weighted by atomic mass is 9.94. The van der Waals surface area contributed by atoms with Crippen molar-refractivity contribution in [2.45, 2.75) is 66.2 Å². The minimum atomic E-state index is -0.254. The second-order valence-electron chi connectivity index (χ2n) is 5.28. The third kappa shape index (κ3) is 8.18. The molecule has 0 saturated heterocycles. The van der Waals surface area contributed by atoms with Gasteiger partial charge in [-0.05, 0) is 25.7 Å². The van der Waals surface area contributed by atoms with Crippen LogP contribution in [-0.2, 0) is 19.1 Å². The van der Waals surface area contributed by atoms with E-state index in [0.29, 0.717) is 26.1 Å². The average molecular weight is 286 g/mol. The zero-order valence-corrected chi connectivity index (χ0v) is 13.4. The maximum absolute atomic E-state index is 11.9. The molecular formula is C16H30O4. The molecule has 0 aromatic heterocycles. The van der Waals surface area contributed by atoms with Gasteiger partial charge in [0.1, 0.15) is 0 Å². The fourth-order valence-electron chi connectivity index (χ4n) is 1.85. The Hall–Kier alpha value is -1.06. The van der Waals surface area contributed by atoms with Crippen LogP contribution in [0.4, 0.5) is 0 Å². The van der Waals surface area contributed by atoms with Gasteiger partial charge in [-0.3, -0.25) is 9.59 Å². The van der Waals surface area contributed by atoms with Crippen molar-refractivity contribution in [2.24, 2.45) is 11.8 Å². The van der Waals surface area contributed by atoms with Crippen molar-refractivity contribution >= 4 is 11.9 Å². The van der Waals surface area contributed by atoms with Gasteiger partial charge in [-0.25, -0.2) is 0 Å². The van der Waals surface area contributed by atoms with E-state index in [2.05, 4.69) is 13.8 Å². The molecule has 0 heterocycles. The average Bonchev–Trinajstić information content (AvgIpc) is 2.44. The first-order valence-corrected chi connectivity index (χ1v) is 7.89. The van der Waals surface area contributed by atoms with Gasteiger partial charge in [0.15, 0.2) is 0 Å². The largest absolute Gasteiger partial charge is 0.465 e. The summed E-state index contributed by atoms with van der Waals surface area (Å²) in [6, 6.07) is 0. The molecule has 20 heavy (non-hydrogen) atoms. The molecule has 0 N–H and O–H groups in total. The van der Waals surface area contributed by atoms with Gasteiger partial charge in [-0.2, -0.15) is 0 Å². The van der Waals surface area contributed by atoms with E-state index >= 15 is 0 Å². The van der Waals surface area contributed by atoms with Crippen molar-refractivity contribution in [1.29, 1.82) is 0 Å². The molecule has 2 unspecified atom stereocenters. The van der Waals surface area contributed by atoms with Gasteiger partial charge in [-0.15, -0.1) is 0 Å². The van der Waals surface area contributed by atoms with E-state index in [0.717, 1.165) is 25.7 Å². The molecule has 0 aromatic rings. The van der Waals surface area contributed by atoms with Gasteiger partial charge in [-0.1, -0.05) is 40.5 Å². The number of rotatable bonds is 11. The summed E-state index contributed by atoms with van der Waals surface area (Å²) >= 11 is 0. The Bertz CT molecular complexity index is 276. The predicted octanol–water partition coefficient (Wildman–Crippen LogP) is 3.73. The molecule has 0 saturated carbocycles. The Morgan fingerprint density at radius 1 is 0.900 bits per heavy atom. The zero-order valence-electron chi connectivity index (χ0n) is 13.4. The Morgan fingerprint density at radius 2 is 1.40 bits per heavy atom. The fraction of sp³-hybridized carbons (Fsp3) is 0.875. The molecule has 0 aliphatic rings. The zero-order chi connectivity index (χ0) is 15.4. The lowest BCUT2D eigenvalue weighted by molar-refractivity contribution is -0.152. The van der Waals surface area contributed by atoms with Crippen LogP contribution in [-0.4, -0.2) is 25.2 Å². The number of esters is 2. The molecule has 0 radical (unpaired) electrons. The summed E-state index contributed by atoms with van der Waals surface area (Å²) < 4.78 is 10.4. The Morgan fingerprint density at radius 3 is 1.85 bits per heavy atom. The number of carbonyl (C=O) groups is 2. The van der Waals surface area contributed by atoms with Gasteiger partial charge in [0.25, 0.3) is 0 Å². The van der Waals surface area contributed by atoms with Crippen LogP contribution in [0.5, 0.6) is 0 Å². The molecule has 0 spiro atoms. The van der Waals surface area contributed by atoms with Crippen LogP contribution in [0.15, 0.2) is 0 Å². The first-order chi connectivity index (χ1) is 9.56. The highest BCUT2D eigenvalue weighted by atomic mass is 16.5. The summed E-state index contributed by atoms with van der Waals surface area (Å²) in [5, 5.41) is 0. The third-order valence-electron chi connectivity index (χ3n) is 3.35. The van der Waals surface area contributed by atoms with Crippen LogP contribution in [0.1, 0.15) is 66.2 Å². The summed E-state index contributed by atoms with van der Waals surface area (Å²) in [6.07, 6.45) is 4.97. The standard InChI is InChI=1S/C16H30O4/c1-5-8-10-19-15(17)13(4)12-14(7-3)16(18)20-11-9-6-2/h13-14H,5-12H2,1-4H3. The minimum Gasteiger partial charge on any atom is -0.465 e. The van der Waals surface area contributed by atoms with Crippen LogP contribution in [0.2, 0.25) is 0 Å². The maximum atomic E-state index is 11.9. The first-order valence-electron chi connectivity index (χ1n) is 7.89. The molecule has 0 rings (SSSR count). The van der Waals surface area contributed by atoms with Gasteiger partial charge >= 0.3 is 11.9 Å². The Balaban J connectivity index is 4.12. The van der Waals surface area contributed by atoms with E-state index in [1.165, 1.54) is 0 Å². The molecule has 0 amide bonds. The van der Waals surface area contributed by atoms with Crippen LogP contribution in [0.3, 0.4) is 0 Å². The normalized spacial score (nSPS) is 13.6. The third-order valence-corrected chi connectivity index (χ3v) is 3.35. The van der Waals surface area contributed by atoms with E-state index in [1.54, 1.807) is 0 Å². The van der Waals surface area contributed by atoms with E-state index in [1.807, 2.05) is 13.8 Å². The molecule has 0 aliphatic carbocycles. The van der Waals surface area contributed by atoms with Crippen molar-refractivity contribution in [3.8, 4) is 0 Å². The minimum absolute atomic E-state index is 0.186. The summed E-state index contributed by atoms with van der Waals surface area (Å²) in [5.41, 5.74) is 0. The SMILES string of the molecule is CCCCOC(=O)C(C)CC(CC)C(=O)OCCCC. The Kier molecular flexibility index (Phi) is 11.1. The van der Waals surface area contributed by atoms with Crippen LogP contribution < -0.4 is 0 Å². The van der Waals surface area contributed by atoms with Crippen LogP contribution in [0.25, 0.3) is 0 Å². The number of ether oxygens (including phenoxy) is 2. The monoisotopic (exact) mass is 286 g/mol. The van der Waals surface area contributed by atoms with E-state index in [9.17, 15) is 9.59 Å². The summed E-state index contributed by atoms with van der Waals surface area (Å²) in [5.74, 6) is -0.858. The molecule has 4 nitrogen and oxygen atoms in total. The van der Waals surface area contributed by atoms with Gasteiger partial charge in [0.05, 0.1) is 25.0 Å². The molecule has 4 heteroatoms. The number of carbonyl (C=O) groups excluding carboxylic acids is 2. The quantitative estimate of drug-likeness (QED) is 0.429. The molecule has 0 aromatic carbocycles. The Labute approximate surface area is 123 Å². The van der Waals surface area contributed by atoms with E-state index in [4.69, 9.17) is 9.47 Å². The summed E-state index contributed by atoms with van der Waals surface area (Å²) in [7, 11) is 0. The number of unbranched alkanes of at least 4 members (excludes halogenated alkanes) is 2. The van der Waals surface area contributed by atoms with Gasteiger partial charge in [0.2, 0.25) is 0 Å². The molecule has 0 aliphatic heterocycles. The molecular weight excluding hydrogens is 256 g/mol. The van der Waals surface area contributed by atoms with Crippen molar-refractivity contribution in [3.05, 3.63) is 0 Å². The van der Waals surface area contributed by atoms with Crippen molar-refractivity contribution in [1.82, 2.24) is 0 Å². The fourth-order valence-corrected chi connectivity index (χ4v) is 1.85. The smallest absolute Gasteiger partial charge is 0.308 e.